The average molecular weight is 374 g/mol. The van der Waals surface area contributed by atoms with Crippen LogP contribution in [0.25, 0.3) is 11.3 Å². The van der Waals surface area contributed by atoms with Gasteiger partial charge in [-0.15, -0.1) is 0 Å². The van der Waals surface area contributed by atoms with Gasteiger partial charge in [0, 0.05) is 30.4 Å². The summed E-state index contributed by atoms with van der Waals surface area (Å²) in [6.45, 7) is 1.38. The standard InChI is InChI=1S/C20H20F2N2O3/c1-11(25)27-13-4-2-12(3-5-13)18(26)8-16-19-14(21)6-7-15(22)20(19)17-9-23-10-24(16)17/h6-7,9-10,12-13,16H,2-5,8H2,1H3. The molecule has 142 valence electrons. The van der Waals surface area contributed by atoms with Crippen LogP contribution >= 0.6 is 0 Å². The zero-order chi connectivity index (χ0) is 19.1. The van der Waals surface area contributed by atoms with Crippen LogP contribution in [0.4, 0.5) is 8.78 Å². The van der Waals surface area contributed by atoms with E-state index in [1.54, 1.807) is 4.57 Å². The first kappa shape index (κ1) is 17.8. The predicted octanol–water partition coefficient (Wildman–Crippen LogP) is 3.81. The van der Waals surface area contributed by atoms with Crippen LogP contribution in [0.3, 0.4) is 0 Å². The van der Waals surface area contributed by atoms with Crippen molar-refractivity contribution in [2.45, 2.75) is 51.2 Å². The summed E-state index contributed by atoms with van der Waals surface area (Å²) in [4.78, 5) is 28.0. The number of rotatable bonds is 4. The van der Waals surface area contributed by atoms with E-state index in [-0.39, 0.29) is 41.3 Å². The number of ether oxygens (including phenoxy) is 1. The van der Waals surface area contributed by atoms with Crippen molar-refractivity contribution >= 4 is 11.8 Å². The topological polar surface area (TPSA) is 61.2 Å². The molecule has 27 heavy (non-hydrogen) atoms. The Balaban J connectivity index is 1.52. The van der Waals surface area contributed by atoms with Gasteiger partial charge in [0.2, 0.25) is 0 Å². The molecule has 0 N–H and O–H groups in total. The minimum atomic E-state index is -0.577. The number of carbonyl (C=O) groups is 2. The molecule has 0 amide bonds. The fraction of sp³-hybridized carbons (Fsp3) is 0.450. The Labute approximate surface area is 155 Å². The molecule has 0 bridgehead atoms. The van der Waals surface area contributed by atoms with E-state index < -0.39 is 17.7 Å². The van der Waals surface area contributed by atoms with E-state index >= 15 is 0 Å². The zero-order valence-corrected chi connectivity index (χ0v) is 15.0. The van der Waals surface area contributed by atoms with Crippen LogP contribution in [0.2, 0.25) is 0 Å². The number of ketones is 1. The average Bonchev–Trinajstić information content (AvgIpc) is 3.21. The molecule has 1 atom stereocenters. The highest BCUT2D eigenvalue weighted by atomic mass is 19.1. The molecule has 4 rings (SSSR count). The molecule has 1 aromatic heterocycles. The fourth-order valence-electron chi connectivity index (χ4n) is 4.33. The van der Waals surface area contributed by atoms with Crippen molar-refractivity contribution in [2.24, 2.45) is 5.92 Å². The van der Waals surface area contributed by atoms with Gasteiger partial charge in [-0.1, -0.05) is 0 Å². The third-order valence-corrected chi connectivity index (χ3v) is 5.59. The van der Waals surface area contributed by atoms with Crippen molar-refractivity contribution in [1.82, 2.24) is 9.55 Å². The summed E-state index contributed by atoms with van der Waals surface area (Å²) < 4.78 is 35.7. The highest BCUT2D eigenvalue weighted by Crippen LogP contribution is 2.44. The molecule has 2 aromatic rings. The normalized spacial score (nSPS) is 23.6. The Kier molecular flexibility index (Phi) is 4.53. The van der Waals surface area contributed by atoms with Gasteiger partial charge < -0.3 is 9.30 Å². The largest absolute Gasteiger partial charge is 0.463 e. The second kappa shape index (κ2) is 6.87. The summed E-state index contributed by atoms with van der Waals surface area (Å²) in [6.07, 6.45) is 5.55. The maximum Gasteiger partial charge on any atom is 0.302 e. The number of benzene rings is 1. The lowest BCUT2D eigenvalue weighted by Gasteiger charge is -2.28. The number of hydrogen-bond donors (Lipinski definition) is 0. The first-order valence-electron chi connectivity index (χ1n) is 9.15. The molecule has 1 unspecified atom stereocenters. The van der Waals surface area contributed by atoms with E-state index in [1.807, 2.05) is 0 Å². The number of nitrogens with zero attached hydrogens (tertiary/aromatic N) is 2. The fourth-order valence-corrected chi connectivity index (χ4v) is 4.33. The van der Waals surface area contributed by atoms with Crippen LogP contribution in [-0.2, 0) is 14.3 Å². The lowest BCUT2D eigenvalue weighted by molar-refractivity contribution is -0.148. The smallest absolute Gasteiger partial charge is 0.302 e. The van der Waals surface area contributed by atoms with Crippen LogP contribution in [0.15, 0.2) is 24.7 Å². The molecule has 2 heterocycles. The number of carbonyl (C=O) groups excluding carboxylic acids is 2. The molecule has 2 aliphatic rings. The number of fused-ring (bicyclic) bond motifs is 3. The second-order valence-corrected chi connectivity index (χ2v) is 7.27. The lowest BCUT2D eigenvalue weighted by atomic mass is 9.82. The van der Waals surface area contributed by atoms with Crippen LogP contribution in [0.5, 0.6) is 0 Å². The molecule has 1 aromatic carbocycles. The summed E-state index contributed by atoms with van der Waals surface area (Å²) in [7, 11) is 0. The minimum absolute atomic E-state index is 0.0254. The quantitative estimate of drug-likeness (QED) is 0.764. The van der Waals surface area contributed by atoms with Crippen molar-refractivity contribution in [3.63, 3.8) is 0 Å². The van der Waals surface area contributed by atoms with E-state index in [0.29, 0.717) is 31.4 Å². The molecule has 5 nitrogen and oxygen atoms in total. The first-order chi connectivity index (χ1) is 13.0. The molecule has 0 radical (unpaired) electrons. The predicted molar refractivity (Wildman–Crippen MR) is 92.9 cm³/mol. The van der Waals surface area contributed by atoms with Crippen LogP contribution in [0.1, 0.15) is 50.6 Å². The van der Waals surface area contributed by atoms with Crippen molar-refractivity contribution < 1.29 is 23.1 Å². The Bertz CT molecular complexity index is 901. The molecule has 7 heteroatoms. The van der Waals surface area contributed by atoms with Crippen molar-refractivity contribution in [2.75, 3.05) is 0 Å². The summed E-state index contributed by atoms with van der Waals surface area (Å²) >= 11 is 0. The van der Waals surface area contributed by atoms with Gasteiger partial charge in [0.15, 0.2) is 0 Å². The third kappa shape index (κ3) is 3.15. The molecule has 1 aliphatic carbocycles. The Morgan fingerprint density at radius 2 is 1.89 bits per heavy atom. The monoisotopic (exact) mass is 374 g/mol. The number of Topliss-reactive ketones (excluding diaryl/α,β-unsaturated/α-hetero) is 1. The first-order valence-corrected chi connectivity index (χ1v) is 9.15. The number of aromatic nitrogens is 2. The SMILES string of the molecule is CC(=O)OC1CCC(C(=O)CC2c3c(F)ccc(F)c3-c3cncn32)CC1. The molecule has 0 saturated heterocycles. The second-order valence-electron chi connectivity index (χ2n) is 7.27. The molecular weight excluding hydrogens is 354 g/mol. The Morgan fingerprint density at radius 1 is 1.19 bits per heavy atom. The van der Waals surface area contributed by atoms with Crippen molar-refractivity contribution in [1.29, 1.82) is 0 Å². The van der Waals surface area contributed by atoms with Gasteiger partial charge in [0.05, 0.1) is 24.3 Å². The van der Waals surface area contributed by atoms with E-state index in [9.17, 15) is 18.4 Å². The van der Waals surface area contributed by atoms with Crippen LogP contribution in [0, 0.1) is 17.6 Å². The number of hydrogen-bond acceptors (Lipinski definition) is 4. The van der Waals surface area contributed by atoms with Gasteiger partial charge in [-0.25, -0.2) is 13.8 Å². The highest BCUT2D eigenvalue weighted by molar-refractivity contribution is 5.83. The summed E-state index contributed by atoms with van der Waals surface area (Å²) in [5.74, 6) is -1.45. The van der Waals surface area contributed by atoms with E-state index in [2.05, 4.69) is 4.98 Å². The molecular formula is C20H20F2N2O3. The van der Waals surface area contributed by atoms with Gasteiger partial charge in [-0.05, 0) is 37.8 Å². The summed E-state index contributed by atoms with van der Waals surface area (Å²) in [5, 5.41) is 0. The minimum Gasteiger partial charge on any atom is -0.463 e. The van der Waals surface area contributed by atoms with Gasteiger partial charge in [0.25, 0.3) is 0 Å². The maximum atomic E-state index is 14.5. The highest BCUT2D eigenvalue weighted by Gasteiger charge is 2.37. The van der Waals surface area contributed by atoms with Gasteiger partial charge in [0.1, 0.15) is 23.5 Å². The molecule has 0 spiro atoms. The van der Waals surface area contributed by atoms with Gasteiger partial charge >= 0.3 is 5.97 Å². The zero-order valence-electron chi connectivity index (χ0n) is 15.0. The van der Waals surface area contributed by atoms with E-state index in [4.69, 9.17) is 4.74 Å². The summed E-state index contributed by atoms with van der Waals surface area (Å²) in [5.41, 5.74) is 0.927. The van der Waals surface area contributed by atoms with E-state index in [0.717, 1.165) is 12.1 Å². The van der Waals surface area contributed by atoms with Gasteiger partial charge in [-0.2, -0.15) is 0 Å². The number of esters is 1. The molecule has 1 fully saturated rings. The third-order valence-electron chi connectivity index (χ3n) is 5.59. The van der Waals surface area contributed by atoms with Gasteiger partial charge in [-0.3, -0.25) is 9.59 Å². The van der Waals surface area contributed by atoms with Crippen molar-refractivity contribution in [3.05, 3.63) is 41.9 Å². The molecule has 1 aliphatic heterocycles. The van der Waals surface area contributed by atoms with Crippen molar-refractivity contribution in [3.8, 4) is 11.3 Å². The summed E-state index contributed by atoms with van der Waals surface area (Å²) in [6, 6.07) is 1.63. The van der Waals surface area contributed by atoms with Crippen LogP contribution < -0.4 is 0 Å². The lowest BCUT2D eigenvalue weighted by Crippen LogP contribution is -2.28. The van der Waals surface area contributed by atoms with Crippen LogP contribution in [-0.4, -0.2) is 27.4 Å². The number of imidazole rings is 1. The van der Waals surface area contributed by atoms with E-state index in [1.165, 1.54) is 19.4 Å². The Morgan fingerprint density at radius 3 is 2.59 bits per heavy atom. The maximum absolute atomic E-state index is 14.5. The molecule has 1 saturated carbocycles. The Hall–Kier alpha value is -2.57. The number of halogens is 2.